The molecule has 1 saturated heterocycles. The first-order valence-electron chi connectivity index (χ1n) is 12.9. The van der Waals surface area contributed by atoms with Crippen LogP contribution in [0.3, 0.4) is 0 Å². The second kappa shape index (κ2) is 11.4. The molecule has 7 heteroatoms. The van der Waals surface area contributed by atoms with Crippen molar-refractivity contribution in [2.75, 3.05) is 13.2 Å². The molecule has 2 aromatic rings. The van der Waals surface area contributed by atoms with Crippen LogP contribution in [-0.4, -0.2) is 41.6 Å². The van der Waals surface area contributed by atoms with Crippen LogP contribution < -0.4 is 4.74 Å². The summed E-state index contributed by atoms with van der Waals surface area (Å²) in [6.45, 7) is 6.16. The number of nitrogens with zero attached hydrogens (tertiary/aromatic N) is 1. The van der Waals surface area contributed by atoms with E-state index in [0.717, 1.165) is 48.9 Å². The van der Waals surface area contributed by atoms with Crippen molar-refractivity contribution in [2.45, 2.75) is 77.4 Å². The normalized spacial score (nSPS) is 19.0. The highest BCUT2D eigenvalue weighted by atomic mass is 35.5. The van der Waals surface area contributed by atoms with E-state index in [0.29, 0.717) is 22.7 Å². The molecule has 0 spiro atoms. The monoisotopic (exact) mass is 531 g/mol. The molecule has 2 fully saturated rings. The number of rotatable bonds is 8. The minimum Gasteiger partial charge on any atom is -0.475 e. The molecule has 1 aliphatic heterocycles. The fraction of sp³-hybridized carbons (Fsp3) is 0.517. The van der Waals surface area contributed by atoms with E-state index in [9.17, 15) is 9.59 Å². The Hall–Kier alpha value is -2.24. The van der Waals surface area contributed by atoms with Gasteiger partial charge in [0.2, 0.25) is 5.91 Å². The molecule has 0 bridgehead atoms. The fourth-order valence-corrected chi connectivity index (χ4v) is 5.74. The summed E-state index contributed by atoms with van der Waals surface area (Å²) in [7, 11) is 0. The highest BCUT2D eigenvalue weighted by Gasteiger charge is 2.36. The van der Waals surface area contributed by atoms with Gasteiger partial charge in [0.25, 0.3) is 0 Å². The Kier molecular flexibility index (Phi) is 8.52. The number of carbonyl (C=O) groups is 2. The maximum absolute atomic E-state index is 13.0. The van der Waals surface area contributed by atoms with Gasteiger partial charge in [-0.05, 0) is 69.7 Å². The van der Waals surface area contributed by atoms with E-state index in [4.69, 9.17) is 32.7 Å². The Morgan fingerprint density at radius 2 is 1.69 bits per heavy atom. The van der Waals surface area contributed by atoms with Gasteiger partial charge in [-0.1, -0.05) is 66.7 Å². The van der Waals surface area contributed by atoms with Crippen molar-refractivity contribution < 1.29 is 19.1 Å². The van der Waals surface area contributed by atoms with Crippen LogP contribution >= 0.6 is 23.2 Å². The Morgan fingerprint density at radius 1 is 1.00 bits per heavy atom. The van der Waals surface area contributed by atoms with Gasteiger partial charge in [-0.3, -0.25) is 4.79 Å². The number of halogens is 2. The van der Waals surface area contributed by atoms with Crippen molar-refractivity contribution >= 4 is 35.1 Å². The van der Waals surface area contributed by atoms with Crippen molar-refractivity contribution in [1.82, 2.24) is 4.90 Å². The molecule has 0 N–H and O–H groups in total. The number of amides is 1. The average molecular weight is 533 g/mol. The fourth-order valence-electron chi connectivity index (χ4n) is 5.27. The predicted molar refractivity (Wildman–Crippen MR) is 144 cm³/mol. The molecule has 1 heterocycles. The molecule has 2 aromatic carbocycles. The maximum atomic E-state index is 13.0. The maximum Gasteiger partial charge on any atom is 0.349 e. The van der Waals surface area contributed by atoms with Crippen LogP contribution in [0.25, 0.3) is 11.1 Å². The molecular weight excluding hydrogens is 497 g/mol. The molecule has 0 radical (unpaired) electrons. The molecule has 2 aliphatic rings. The van der Waals surface area contributed by atoms with Crippen LogP contribution in [0.4, 0.5) is 0 Å². The summed E-state index contributed by atoms with van der Waals surface area (Å²) >= 11 is 13.1. The predicted octanol–water partition coefficient (Wildman–Crippen LogP) is 7.10. The van der Waals surface area contributed by atoms with E-state index in [1.54, 1.807) is 26.8 Å². The zero-order valence-electron chi connectivity index (χ0n) is 21.3. The minimum absolute atomic E-state index is 0.0648. The smallest absolute Gasteiger partial charge is 0.349 e. The van der Waals surface area contributed by atoms with Crippen LogP contribution in [0.2, 0.25) is 10.0 Å². The first kappa shape index (κ1) is 26.8. The minimum atomic E-state index is -1.20. The van der Waals surface area contributed by atoms with Gasteiger partial charge >= 0.3 is 5.97 Å². The summed E-state index contributed by atoms with van der Waals surface area (Å²) in [5, 5.41) is 0.602. The topological polar surface area (TPSA) is 55.8 Å². The van der Waals surface area contributed by atoms with Gasteiger partial charge in [0.15, 0.2) is 5.60 Å². The number of hydrogen-bond acceptors (Lipinski definition) is 4. The van der Waals surface area contributed by atoms with Crippen LogP contribution in [0.15, 0.2) is 36.4 Å². The van der Waals surface area contributed by atoms with Crippen molar-refractivity contribution in [1.29, 1.82) is 0 Å². The molecule has 1 saturated carbocycles. The van der Waals surface area contributed by atoms with E-state index < -0.39 is 11.6 Å². The lowest BCUT2D eigenvalue weighted by molar-refractivity contribution is -0.158. The SMILES string of the molecule is CCOC(=O)C(C)(C)Oc1ccc(-c2ccc(CC3CCN(C4CCCCC4)C3=O)cc2)c(Cl)c1Cl. The number of hydrogen-bond donors (Lipinski definition) is 0. The van der Waals surface area contributed by atoms with Crippen molar-refractivity contribution in [3.63, 3.8) is 0 Å². The second-order valence-corrected chi connectivity index (χ2v) is 11.0. The lowest BCUT2D eigenvalue weighted by Crippen LogP contribution is -2.39. The van der Waals surface area contributed by atoms with E-state index in [2.05, 4.69) is 17.0 Å². The third-order valence-corrected chi connectivity index (χ3v) is 8.16. The van der Waals surface area contributed by atoms with Crippen LogP contribution in [0.5, 0.6) is 5.75 Å². The van der Waals surface area contributed by atoms with Crippen LogP contribution in [-0.2, 0) is 20.7 Å². The van der Waals surface area contributed by atoms with Gasteiger partial charge in [-0.15, -0.1) is 0 Å². The highest BCUT2D eigenvalue weighted by Crippen LogP contribution is 2.41. The highest BCUT2D eigenvalue weighted by molar-refractivity contribution is 6.44. The number of ether oxygens (including phenoxy) is 2. The molecule has 0 aromatic heterocycles. The van der Waals surface area contributed by atoms with Crippen molar-refractivity contribution in [3.8, 4) is 16.9 Å². The molecule has 1 amide bonds. The van der Waals surface area contributed by atoms with Gasteiger partial charge < -0.3 is 14.4 Å². The molecule has 1 atom stereocenters. The molecule has 194 valence electrons. The third-order valence-electron chi connectivity index (χ3n) is 7.29. The summed E-state index contributed by atoms with van der Waals surface area (Å²) < 4.78 is 10.9. The first-order chi connectivity index (χ1) is 17.2. The van der Waals surface area contributed by atoms with Crippen molar-refractivity contribution in [2.24, 2.45) is 5.92 Å². The first-order valence-corrected chi connectivity index (χ1v) is 13.7. The summed E-state index contributed by atoms with van der Waals surface area (Å²) in [5.41, 5.74) is 1.63. The molecule has 4 rings (SSSR count). The second-order valence-electron chi connectivity index (χ2n) is 10.3. The summed E-state index contributed by atoms with van der Waals surface area (Å²) in [6.07, 6.45) is 7.77. The Bertz CT molecular complexity index is 1090. The standard InChI is InChI=1S/C29H35Cl2NO4/c1-4-35-28(34)29(2,3)36-24-15-14-23(25(30)26(24)31)20-12-10-19(11-13-20)18-21-16-17-32(27(21)33)22-8-6-5-7-9-22/h10-15,21-22H,4-9,16-18H2,1-3H3. The number of benzene rings is 2. The van der Waals surface area contributed by atoms with Crippen molar-refractivity contribution in [3.05, 3.63) is 52.0 Å². The number of carbonyl (C=O) groups excluding carboxylic acids is 2. The number of likely N-dealkylation sites (tertiary alicyclic amines) is 1. The van der Waals surface area contributed by atoms with E-state index in [1.165, 1.54) is 19.3 Å². The molecule has 1 aliphatic carbocycles. The lowest BCUT2D eigenvalue weighted by Gasteiger charge is -2.31. The third kappa shape index (κ3) is 5.84. The van der Waals surface area contributed by atoms with E-state index >= 15 is 0 Å². The van der Waals surface area contributed by atoms with Gasteiger partial charge in [0.1, 0.15) is 10.8 Å². The van der Waals surface area contributed by atoms with Gasteiger partial charge in [0, 0.05) is 24.1 Å². The molecule has 36 heavy (non-hydrogen) atoms. The molecule has 1 unspecified atom stereocenters. The average Bonchev–Trinajstić information content (AvgIpc) is 3.23. The largest absolute Gasteiger partial charge is 0.475 e. The summed E-state index contributed by atoms with van der Waals surface area (Å²) in [5.74, 6) is 0.235. The van der Waals surface area contributed by atoms with Crippen LogP contribution in [0, 0.1) is 5.92 Å². The Morgan fingerprint density at radius 3 is 2.36 bits per heavy atom. The Balaban J connectivity index is 1.43. The van der Waals surface area contributed by atoms with Gasteiger partial charge in [0.05, 0.1) is 11.6 Å². The Labute approximate surface area is 224 Å². The quantitative estimate of drug-likeness (QED) is 0.340. The lowest BCUT2D eigenvalue weighted by atomic mass is 9.93. The van der Waals surface area contributed by atoms with Gasteiger partial charge in [-0.25, -0.2) is 4.79 Å². The zero-order valence-corrected chi connectivity index (χ0v) is 22.8. The summed E-state index contributed by atoms with van der Waals surface area (Å²) in [4.78, 5) is 27.4. The van der Waals surface area contributed by atoms with E-state index in [1.807, 2.05) is 18.2 Å². The zero-order chi connectivity index (χ0) is 25.9. The summed E-state index contributed by atoms with van der Waals surface area (Å²) in [6, 6.07) is 12.1. The van der Waals surface area contributed by atoms with Crippen LogP contribution in [0.1, 0.15) is 64.9 Å². The van der Waals surface area contributed by atoms with E-state index in [-0.39, 0.29) is 17.5 Å². The molecular formula is C29H35Cl2NO4. The number of esters is 1. The molecule has 5 nitrogen and oxygen atoms in total. The van der Waals surface area contributed by atoms with Gasteiger partial charge in [-0.2, -0.15) is 0 Å².